The quantitative estimate of drug-likeness (QED) is 0.918. The van der Waals surface area contributed by atoms with Crippen LogP contribution in [0.15, 0.2) is 48.5 Å². The van der Waals surface area contributed by atoms with Crippen LogP contribution in [0.2, 0.25) is 0 Å². The summed E-state index contributed by atoms with van der Waals surface area (Å²) in [6.45, 7) is 0. The molecule has 20 heavy (non-hydrogen) atoms. The number of halogens is 1. The van der Waals surface area contributed by atoms with Crippen LogP contribution in [0.4, 0.5) is 4.39 Å². The van der Waals surface area contributed by atoms with Crippen molar-refractivity contribution in [2.45, 2.75) is 5.75 Å². The molecule has 104 valence electrons. The predicted molar refractivity (Wildman–Crippen MR) is 77.7 cm³/mol. The van der Waals surface area contributed by atoms with Gasteiger partial charge in [0, 0.05) is 16.6 Å². The molecule has 2 aromatic carbocycles. The van der Waals surface area contributed by atoms with Crippen molar-refractivity contribution in [1.82, 2.24) is 0 Å². The first kappa shape index (κ1) is 14.4. The minimum atomic E-state index is -1.34. The van der Waals surface area contributed by atoms with Gasteiger partial charge in [-0.1, -0.05) is 36.4 Å². The molecule has 2 rings (SSSR count). The van der Waals surface area contributed by atoms with Crippen molar-refractivity contribution in [2.24, 2.45) is 5.73 Å². The van der Waals surface area contributed by atoms with E-state index in [9.17, 15) is 13.4 Å². The van der Waals surface area contributed by atoms with Crippen LogP contribution in [0, 0.1) is 5.82 Å². The van der Waals surface area contributed by atoms with Gasteiger partial charge in [0.1, 0.15) is 11.6 Å². The van der Waals surface area contributed by atoms with Gasteiger partial charge < -0.3 is 5.73 Å². The lowest BCUT2D eigenvalue weighted by Crippen LogP contribution is -2.20. The zero-order valence-electron chi connectivity index (χ0n) is 10.7. The molecule has 3 nitrogen and oxygen atoms in total. The molecule has 0 aromatic heterocycles. The van der Waals surface area contributed by atoms with Crippen molar-refractivity contribution >= 4 is 16.7 Å². The molecular weight excluding hydrogens is 277 g/mol. The minimum absolute atomic E-state index is 0.155. The van der Waals surface area contributed by atoms with Gasteiger partial charge in [-0.05, 0) is 28.8 Å². The summed E-state index contributed by atoms with van der Waals surface area (Å²) < 4.78 is 24.8. The molecule has 0 fully saturated rings. The number of hydrogen-bond acceptors (Lipinski definition) is 2. The third-order valence-electron chi connectivity index (χ3n) is 2.79. The maximum atomic E-state index is 13.0. The maximum Gasteiger partial charge on any atom is 0.230 e. The Labute approximate surface area is 119 Å². The summed E-state index contributed by atoms with van der Waals surface area (Å²) >= 11 is 0. The molecule has 1 atom stereocenters. The average Bonchev–Trinajstić information content (AvgIpc) is 2.39. The highest BCUT2D eigenvalue weighted by Gasteiger charge is 2.10. The third-order valence-corrected chi connectivity index (χ3v) is 4.03. The van der Waals surface area contributed by atoms with Gasteiger partial charge in [0.15, 0.2) is 0 Å². The van der Waals surface area contributed by atoms with E-state index >= 15 is 0 Å². The number of rotatable bonds is 5. The molecule has 0 aliphatic carbocycles. The van der Waals surface area contributed by atoms with Crippen LogP contribution < -0.4 is 5.73 Å². The fourth-order valence-corrected chi connectivity index (χ4v) is 2.96. The van der Waals surface area contributed by atoms with Gasteiger partial charge in [-0.2, -0.15) is 0 Å². The summed E-state index contributed by atoms with van der Waals surface area (Å²) in [4.78, 5) is 10.8. The topological polar surface area (TPSA) is 60.2 Å². The van der Waals surface area contributed by atoms with E-state index < -0.39 is 16.7 Å². The van der Waals surface area contributed by atoms with Crippen LogP contribution in [-0.4, -0.2) is 15.9 Å². The Bertz CT molecular complexity index is 641. The van der Waals surface area contributed by atoms with Gasteiger partial charge in [-0.15, -0.1) is 0 Å². The van der Waals surface area contributed by atoms with E-state index in [4.69, 9.17) is 5.73 Å². The SMILES string of the molecule is NC(=O)C[S@](=O)Cc1ccccc1-c1ccc(F)cc1. The first-order valence-electron chi connectivity index (χ1n) is 6.03. The van der Waals surface area contributed by atoms with E-state index in [-0.39, 0.29) is 17.3 Å². The number of benzene rings is 2. The highest BCUT2D eigenvalue weighted by Crippen LogP contribution is 2.24. The van der Waals surface area contributed by atoms with Crippen molar-refractivity contribution in [3.8, 4) is 11.1 Å². The molecule has 0 saturated carbocycles. The van der Waals surface area contributed by atoms with E-state index in [1.165, 1.54) is 12.1 Å². The summed E-state index contributed by atoms with van der Waals surface area (Å²) in [6, 6.07) is 13.5. The van der Waals surface area contributed by atoms with Crippen molar-refractivity contribution in [3.05, 3.63) is 59.9 Å². The van der Waals surface area contributed by atoms with Crippen LogP contribution >= 0.6 is 0 Å². The van der Waals surface area contributed by atoms with Crippen molar-refractivity contribution in [1.29, 1.82) is 0 Å². The summed E-state index contributed by atoms with van der Waals surface area (Å²) in [7, 11) is -1.34. The van der Waals surface area contributed by atoms with E-state index in [1.54, 1.807) is 12.1 Å². The van der Waals surface area contributed by atoms with E-state index in [2.05, 4.69) is 0 Å². The van der Waals surface area contributed by atoms with Crippen molar-refractivity contribution < 1.29 is 13.4 Å². The molecule has 2 N–H and O–H groups in total. The molecule has 2 aromatic rings. The third kappa shape index (κ3) is 3.74. The summed E-state index contributed by atoms with van der Waals surface area (Å²) in [5, 5.41) is 0. The highest BCUT2D eigenvalue weighted by molar-refractivity contribution is 7.84. The molecule has 0 spiro atoms. The molecule has 0 unspecified atom stereocenters. The van der Waals surface area contributed by atoms with Gasteiger partial charge in [0.2, 0.25) is 5.91 Å². The van der Waals surface area contributed by atoms with Crippen molar-refractivity contribution in [3.63, 3.8) is 0 Å². The molecular formula is C15H14FNO2S. The van der Waals surface area contributed by atoms with Crippen LogP contribution in [0.3, 0.4) is 0 Å². The number of carbonyl (C=O) groups is 1. The molecule has 5 heteroatoms. The molecule has 0 heterocycles. The number of primary amides is 1. The smallest absolute Gasteiger partial charge is 0.230 e. The predicted octanol–water partition coefficient (Wildman–Crippen LogP) is 2.23. The van der Waals surface area contributed by atoms with Crippen LogP contribution in [0.5, 0.6) is 0 Å². The van der Waals surface area contributed by atoms with E-state index in [0.717, 1.165) is 16.7 Å². The van der Waals surface area contributed by atoms with Crippen LogP contribution in [-0.2, 0) is 21.3 Å². The first-order valence-corrected chi connectivity index (χ1v) is 7.52. The second kappa shape index (κ2) is 6.43. The second-order valence-corrected chi connectivity index (χ2v) is 5.82. The fraction of sp³-hybridized carbons (Fsp3) is 0.133. The second-order valence-electron chi connectivity index (χ2n) is 4.36. The van der Waals surface area contributed by atoms with Crippen molar-refractivity contribution in [2.75, 3.05) is 5.75 Å². The molecule has 0 saturated heterocycles. The first-order chi connectivity index (χ1) is 9.56. The highest BCUT2D eigenvalue weighted by atomic mass is 32.2. The minimum Gasteiger partial charge on any atom is -0.369 e. The van der Waals surface area contributed by atoms with E-state index in [1.807, 2.05) is 24.3 Å². The van der Waals surface area contributed by atoms with Gasteiger partial charge >= 0.3 is 0 Å². The lowest BCUT2D eigenvalue weighted by molar-refractivity contribution is -0.115. The summed E-state index contributed by atoms with van der Waals surface area (Å²) in [6.07, 6.45) is 0. The fourth-order valence-electron chi connectivity index (χ4n) is 1.94. The lowest BCUT2D eigenvalue weighted by atomic mass is 10.0. The Morgan fingerprint density at radius 3 is 2.40 bits per heavy atom. The Hall–Kier alpha value is -2.01. The summed E-state index contributed by atoms with van der Waals surface area (Å²) in [5.41, 5.74) is 7.61. The maximum absolute atomic E-state index is 13.0. The van der Waals surface area contributed by atoms with Crippen LogP contribution in [0.25, 0.3) is 11.1 Å². The monoisotopic (exact) mass is 291 g/mol. The zero-order chi connectivity index (χ0) is 14.5. The number of nitrogens with two attached hydrogens (primary N) is 1. The molecule has 0 radical (unpaired) electrons. The van der Waals surface area contributed by atoms with Gasteiger partial charge in [0.25, 0.3) is 0 Å². The largest absolute Gasteiger partial charge is 0.369 e. The Kier molecular flexibility index (Phi) is 4.63. The molecule has 0 bridgehead atoms. The lowest BCUT2D eigenvalue weighted by Gasteiger charge is -2.09. The normalized spacial score (nSPS) is 12.1. The Morgan fingerprint density at radius 1 is 1.10 bits per heavy atom. The molecule has 0 aliphatic rings. The zero-order valence-corrected chi connectivity index (χ0v) is 11.5. The average molecular weight is 291 g/mol. The van der Waals surface area contributed by atoms with Gasteiger partial charge in [-0.25, -0.2) is 4.39 Å². The Balaban J connectivity index is 2.28. The van der Waals surface area contributed by atoms with Gasteiger partial charge in [0.05, 0.1) is 0 Å². The van der Waals surface area contributed by atoms with Crippen LogP contribution in [0.1, 0.15) is 5.56 Å². The molecule has 1 amide bonds. The molecule has 0 aliphatic heterocycles. The van der Waals surface area contributed by atoms with Gasteiger partial charge in [-0.3, -0.25) is 9.00 Å². The summed E-state index contributed by atoms with van der Waals surface area (Å²) in [5.74, 6) is -0.792. The standard InChI is InChI=1S/C15H14FNO2S/c16-13-7-5-11(6-8-13)14-4-2-1-3-12(14)9-20(19)10-15(17)18/h1-8H,9-10H2,(H2,17,18)/t20-/m1/s1. The number of carbonyl (C=O) groups excluding carboxylic acids is 1. The number of hydrogen-bond donors (Lipinski definition) is 1. The number of amides is 1. The Morgan fingerprint density at radius 2 is 1.75 bits per heavy atom. The van der Waals surface area contributed by atoms with E-state index in [0.29, 0.717) is 0 Å².